The molecule has 1 aromatic carbocycles. The fourth-order valence-corrected chi connectivity index (χ4v) is 2.51. The molecule has 0 spiro atoms. The molecule has 8 nitrogen and oxygen atoms in total. The zero-order valence-electron chi connectivity index (χ0n) is 13.2. The molecule has 3 heterocycles. The Balaban J connectivity index is 1.84. The summed E-state index contributed by atoms with van der Waals surface area (Å²) in [5.41, 5.74) is 1.70. The van der Waals surface area contributed by atoms with Crippen molar-refractivity contribution in [2.24, 2.45) is 0 Å². The monoisotopic (exact) mass is 347 g/mol. The zero-order chi connectivity index (χ0) is 18.1. The van der Waals surface area contributed by atoms with Crippen LogP contribution in [0.5, 0.6) is 5.88 Å². The largest absolute Gasteiger partial charge is 0.492 e. The Morgan fingerprint density at radius 1 is 1.19 bits per heavy atom. The molecule has 0 bridgehead atoms. The molecule has 0 saturated carbocycles. The van der Waals surface area contributed by atoms with Gasteiger partial charge in [-0.3, -0.25) is 0 Å². The van der Waals surface area contributed by atoms with Crippen LogP contribution in [0.1, 0.15) is 16.8 Å². The molecule has 4 aromatic rings. The Hall–Kier alpha value is -3.93. The number of aromatic hydroxyl groups is 1. The quantitative estimate of drug-likeness (QED) is 0.602. The van der Waals surface area contributed by atoms with Crippen LogP contribution in [0.3, 0.4) is 0 Å². The number of halogens is 1. The average molecular weight is 347 g/mol. The Morgan fingerprint density at radius 2 is 2.04 bits per heavy atom. The highest BCUT2D eigenvalue weighted by atomic mass is 19.1. The molecule has 4 rings (SSSR count). The number of aromatic nitrogens is 6. The Bertz CT molecular complexity index is 1170. The predicted octanol–water partition coefficient (Wildman–Crippen LogP) is 1.89. The molecule has 0 aliphatic carbocycles. The molecular weight excluding hydrogens is 337 g/mol. The molecule has 0 saturated heterocycles. The summed E-state index contributed by atoms with van der Waals surface area (Å²) in [7, 11) is 0. The van der Waals surface area contributed by atoms with Gasteiger partial charge in [-0.05, 0) is 11.6 Å². The Labute approximate surface area is 146 Å². The lowest BCUT2D eigenvalue weighted by molar-refractivity contribution is 0.450. The van der Waals surface area contributed by atoms with Crippen molar-refractivity contribution in [2.75, 3.05) is 0 Å². The van der Waals surface area contributed by atoms with E-state index in [9.17, 15) is 9.50 Å². The topological polar surface area (TPSA) is 113 Å². The normalized spacial score (nSPS) is 10.8. The fourth-order valence-electron chi connectivity index (χ4n) is 2.51. The number of benzene rings is 1. The molecule has 26 heavy (non-hydrogen) atoms. The van der Waals surface area contributed by atoms with Crippen molar-refractivity contribution in [3.63, 3.8) is 0 Å². The molecular formula is C17H10FN7O. The van der Waals surface area contributed by atoms with Crippen molar-refractivity contribution >= 4 is 5.65 Å². The predicted molar refractivity (Wildman–Crippen MR) is 87.4 cm³/mol. The van der Waals surface area contributed by atoms with Crippen LogP contribution in [-0.2, 0) is 6.42 Å². The molecule has 0 radical (unpaired) electrons. The van der Waals surface area contributed by atoms with Gasteiger partial charge in [0.1, 0.15) is 29.5 Å². The van der Waals surface area contributed by atoms with E-state index in [1.807, 2.05) is 0 Å². The van der Waals surface area contributed by atoms with Crippen LogP contribution in [0.2, 0.25) is 0 Å². The second-order valence-corrected chi connectivity index (χ2v) is 5.41. The molecule has 0 unspecified atom stereocenters. The van der Waals surface area contributed by atoms with Crippen molar-refractivity contribution in [1.29, 1.82) is 5.26 Å². The number of hydrogen-bond acceptors (Lipinski definition) is 7. The second-order valence-electron chi connectivity index (χ2n) is 5.41. The summed E-state index contributed by atoms with van der Waals surface area (Å²) in [6.07, 6.45) is 4.32. The SMILES string of the molecule is N#Cc1cnc(-c2cn3ncnc3c(Cc3ccccc3F)n2)nc1O. The standard InChI is InChI=1S/C17H10FN7O/c18-12-4-2-1-3-10(12)5-13-16-21-9-22-25(16)8-14(23-13)15-20-7-11(6-19)17(26)24-15/h1-4,7-9H,5H2,(H,20,24,26). The summed E-state index contributed by atoms with van der Waals surface area (Å²) < 4.78 is 15.5. The van der Waals surface area contributed by atoms with E-state index in [4.69, 9.17) is 5.26 Å². The minimum atomic E-state index is -0.436. The summed E-state index contributed by atoms with van der Waals surface area (Å²) in [6.45, 7) is 0. The summed E-state index contributed by atoms with van der Waals surface area (Å²) in [6, 6.07) is 8.18. The molecule has 0 aliphatic rings. The van der Waals surface area contributed by atoms with Gasteiger partial charge in [-0.25, -0.2) is 23.9 Å². The van der Waals surface area contributed by atoms with Crippen LogP contribution >= 0.6 is 0 Å². The minimum Gasteiger partial charge on any atom is -0.492 e. The van der Waals surface area contributed by atoms with Gasteiger partial charge in [-0.2, -0.15) is 15.3 Å². The van der Waals surface area contributed by atoms with Gasteiger partial charge >= 0.3 is 0 Å². The number of nitriles is 1. The third kappa shape index (κ3) is 2.69. The Kier molecular flexibility index (Phi) is 3.70. The van der Waals surface area contributed by atoms with Crippen LogP contribution < -0.4 is 0 Å². The molecule has 3 aromatic heterocycles. The maximum Gasteiger partial charge on any atom is 0.232 e. The van der Waals surface area contributed by atoms with E-state index in [1.54, 1.807) is 30.5 Å². The van der Waals surface area contributed by atoms with E-state index >= 15 is 0 Å². The lowest BCUT2D eigenvalue weighted by Gasteiger charge is -2.07. The first-order chi connectivity index (χ1) is 12.7. The molecule has 126 valence electrons. The van der Waals surface area contributed by atoms with Crippen molar-refractivity contribution in [1.82, 2.24) is 29.5 Å². The van der Waals surface area contributed by atoms with Gasteiger partial charge in [0.2, 0.25) is 5.88 Å². The third-order valence-corrected chi connectivity index (χ3v) is 3.77. The third-order valence-electron chi connectivity index (χ3n) is 3.77. The number of fused-ring (bicyclic) bond motifs is 1. The van der Waals surface area contributed by atoms with Gasteiger partial charge < -0.3 is 5.11 Å². The van der Waals surface area contributed by atoms with E-state index < -0.39 is 5.88 Å². The Morgan fingerprint density at radius 3 is 2.81 bits per heavy atom. The van der Waals surface area contributed by atoms with Gasteiger partial charge in [0.05, 0.1) is 18.1 Å². The highest BCUT2D eigenvalue weighted by Gasteiger charge is 2.15. The average Bonchev–Trinajstić information content (AvgIpc) is 3.12. The number of nitrogens with zero attached hydrogens (tertiary/aromatic N) is 7. The smallest absolute Gasteiger partial charge is 0.232 e. The number of rotatable bonds is 3. The van der Waals surface area contributed by atoms with Crippen LogP contribution in [0.4, 0.5) is 4.39 Å². The van der Waals surface area contributed by atoms with Crippen molar-refractivity contribution in [2.45, 2.75) is 6.42 Å². The van der Waals surface area contributed by atoms with E-state index in [1.165, 1.54) is 23.1 Å². The summed E-state index contributed by atoms with van der Waals surface area (Å²) in [5.74, 6) is -0.660. The fraction of sp³-hybridized carbons (Fsp3) is 0.0588. The zero-order valence-corrected chi connectivity index (χ0v) is 13.2. The van der Waals surface area contributed by atoms with E-state index in [0.29, 0.717) is 22.6 Å². The maximum absolute atomic E-state index is 14.0. The molecule has 0 atom stereocenters. The molecule has 0 fully saturated rings. The van der Waals surface area contributed by atoms with Crippen LogP contribution in [-0.4, -0.2) is 34.7 Å². The lowest BCUT2D eigenvalue weighted by Crippen LogP contribution is -2.04. The summed E-state index contributed by atoms with van der Waals surface area (Å²) >= 11 is 0. The van der Waals surface area contributed by atoms with Crippen LogP contribution in [0, 0.1) is 17.1 Å². The molecule has 0 amide bonds. The molecule has 9 heteroatoms. The molecule has 0 aliphatic heterocycles. The van der Waals surface area contributed by atoms with Crippen molar-refractivity contribution in [3.8, 4) is 23.5 Å². The summed E-state index contributed by atoms with van der Waals surface area (Å²) in [5, 5.41) is 22.7. The second kappa shape index (κ2) is 6.18. The van der Waals surface area contributed by atoms with Gasteiger partial charge in [-0.15, -0.1) is 0 Å². The molecule has 1 N–H and O–H groups in total. The highest BCUT2D eigenvalue weighted by molar-refractivity contribution is 5.56. The van der Waals surface area contributed by atoms with E-state index in [-0.39, 0.29) is 23.6 Å². The van der Waals surface area contributed by atoms with Crippen molar-refractivity contribution in [3.05, 3.63) is 65.6 Å². The van der Waals surface area contributed by atoms with Gasteiger partial charge in [0.25, 0.3) is 0 Å². The number of hydrogen-bond donors (Lipinski definition) is 1. The van der Waals surface area contributed by atoms with Gasteiger partial charge in [0.15, 0.2) is 11.5 Å². The van der Waals surface area contributed by atoms with Crippen molar-refractivity contribution < 1.29 is 9.50 Å². The van der Waals surface area contributed by atoms with Crippen LogP contribution in [0.25, 0.3) is 17.2 Å². The first kappa shape index (κ1) is 15.6. The first-order valence-electron chi connectivity index (χ1n) is 7.55. The van der Waals surface area contributed by atoms with Gasteiger partial charge in [-0.1, -0.05) is 18.2 Å². The van der Waals surface area contributed by atoms with Crippen LogP contribution in [0.15, 0.2) is 43.0 Å². The first-order valence-corrected chi connectivity index (χ1v) is 7.55. The van der Waals surface area contributed by atoms with Gasteiger partial charge in [0, 0.05) is 6.42 Å². The maximum atomic E-state index is 14.0. The lowest BCUT2D eigenvalue weighted by atomic mass is 10.1. The minimum absolute atomic E-state index is 0.0397. The highest BCUT2D eigenvalue weighted by Crippen LogP contribution is 2.21. The van der Waals surface area contributed by atoms with E-state index in [0.717, 1.165) is 0 Å². The van der Waals surface area contributed by atoms with E-state index in [2.05, 4.69) is 25.0 Å². The summed E-state index contributed by atoms with van der Waals surface area (Å²) in [4.78, 5) is 16.6.